The zero-order valence-corrected chi connectivity index (χ0v) is 14.3. The van der Waals surface area contributed by atoms with Crippen molar-refractivity contribution in [1.29, 1.82) is 0 Å². The minimum Gasteiger partial charge on any atom is -0.339 e. The summed E-state index contributed by atoms with van der Waals surface area (Å²) < 4.78 is 1.95. The summed E-state index contributed by atoms with van der Waals surface area (Å²) in [7, 11) is 0. The number of hydrogen-bond acceptors (Lipinski definition) is 1. The Labute approximate surface area is 134 Å². The van der Waals surface area contributed by atoms with Crippen LogP contribution in [0.25, 0.3) is 0 Å². The fraction of sp³-hybridized carbons (Fsp3) is 0.462. The molecular formula is C13H14BrClINO. The van der Waals surface area contributed by atoms with E-state index in [4.69, 9.17) is 11.6 Å². The lowest BCUT2D eigenvalue weighted by Gasteiger charge is -2.31. The molecule has 0 spiro atoms. The number of carbonyl (C=O) groups is 1. The van der Waals surface area contributed by atoms with Crippen molar-refractivity contribution in [3.05, 3.63) is 31.8 Å². The van der Waals surface area contributed by atoms with E-state index in [1.165, 1.54) is 0 Å². The summed E-state index contributed by atoms with van der Waals surface area (Å²) in [5.41, 5.74) is 0.756. The highest BCUT2D eigenvalue weighted by Gasteiger charge is 2.24. The van der Waals surface area contributed by atoms with Gasteiger partial charge in [-0.25, -0.2) is 0 Å². The topological polar surface area (TPSA) is 20.3 Å². The zero-order chi connectivity index (χ0) is 13.1. The number of hydrogen-bond donors (Lipinski definition) is 0. The Kier molecular flexibility index (Phi) is 5.33. The molecule has 1 amide bonds. The molecule has 0 aromatic heterocycles. The van der Waals surface area contributed by atoms with Crippen molar-refractivity contribution in [3.8, 4) is 0 Å². The maximum atomic E-state index is 12.4. The van der Waals surface area contributed by atoms with Gasteiger partial charge in [-0.3, -0.25) is 4.79 Å². The van der Waals surface area contributed by atoms with Crippen LogP contribution in [0.5, 0.6) is 0 Å². The summed E-state index contributed by atoms with van der Waals surface area (Å²) in [6.07, 6.45) is 2.02. The van der Waals surface area contributed by atoms with Crippen LogP contribution in [-0.4, -0.2) is 29.8 Å². The second-order valence-corrected chi connectivity index (χ2v) is 6.92. The molecule has 98 valence electrons. The molecule has 0 radical (unpaired) electrons. The molecular weight excluding hydrogens is 428 g/mol. The van der Waals surface area contributed by atoms with E-state index in [0.717, 1.165) is 39.5 Å². The number of halogens is 3. The van der Waals surface area contributed by atoms with Crippen LogP contribution in [0.2, 0.25) is 0 Å². The molecule has 1 aliphatic rings. The first-order chi connectivity index (χ1) is 8.61. The molecule has 18 heavy (non-hydrogen) atoms. The van der Waals surface area contributed by atoms with Crippen LogP contribution >= 0.6 is 50.1 Å². The maximum absolute atomic E-state index is 12.4. The molecule has 1 aromatic rings. The lowest BCUT2D eigenvalue weighted by Crippen LogP contribution is -2.39. The Hall–Kier alpha value is 0.190. The summed E-state index contributed by atoms with van der Waals surface area (Å²) in [6.45, 7) is 1.63. The molecule has 0 aliphatic carbocycles. The molecule has 2 rings (SSSR count). The largest absolute Gasteiger partial charge is 0.339 e. The average molecular weight is 443 g/mol. The summed E-state index contributed by atoms with van der Waals surface area (Å²) >= 11 is 11.5. The Morgan fingerprint density at radius 1 is 1.44 bits per heavy atom. The Bertz CT molecular complexity index is 447. The van der Waals surface area contributed by atoms with Gasteiger partial charge in [0, 0.05) is 27.0 Å². The number of piperidine rings is 1. The predicted octanol–water partition coefficient (Wildman–Crippen LogP) is 4.14. The number of alkyl halides is 1. The molecule has 1 fully saturated rings. The van der Waals surface area contributed by atoms with Crippen LogP contribution in [0.1, 0.15) is 23.2 Å². The van der Waals surface area contributed by atoms with Crippen molar-refractivity contribution in [2.45, 2.75) is 12.8 Å². The zero-order valence-electron chi connectivity index (χ0n) is 9.83. The Balaban J connectivity index is 2.10. The summed E-state index contributed by atoms with van der Waals surface area (Å²) in [4.78, 5) is 14.4. The van der Waals surface area contributed by atoms with Gasteiger partial charge < -0.3 is 4.90 Å². The normalized spacial score (nSPS) is 16.9. The summed E-state index contributed by atoms with van der Waals surface area (Å²) in [6, 6.07) is 5.85. The molecule has 0 unspecified atom stereocenters. The number of benzene rings is 1. The molecule has 2 nitrogen and oxygen atoms in total. The smallest absolute Gasteiger partial charge is 0.255 e. The maximum Gasteiger partial charge on any atom is 0.255 e. The molecule has 0 atom stereocenters. The van der Waals surface area contributed by atoms with E-state index in [1.54, 1.807) is 0 Å². The van der Waals surface area contributed by atoms with Crippen LogP contribution in [0.3, 0.4) is 0 Å². The first kappa shape index (κ1) is 14.6. The van der Waals surface area contributed by atoms with Gasteiger partial charge in [0.15, 0.2) is 0 Å². The van der Waals surface area contributed by atoms with E-state index < -0.39 is 0 Å². The molecule has 0 N–H and O–H groups in total. The quantitative estimate of drug-likeness (QED) is 0.498. The van der Waals surface area contributed by atoms with Crippen molar-refractivity contribution in [2.24, 2.45) is 5.92 Å². The van der Waals surface area contributed by atoms with Crippen LogP contribution < -0.4 is 0 Å². The third-order valence-corrected chi connectivity index (χ3v) is 5.08. The van der Waals surface area contributed by atoms with Crippen LogP contribution in [0, 0.1) is 9.49 Å². The number of carbonyl (C=O) groups excluding carboxylic acids is 1. The molecule has 5 heteroatoms. The van der Waals surface area contributed by atoms with E-state index in [9.17, 15) is 4.79 Å². The lowest BCUT2D eigenvalue weighted by atomic mass is 9.98. The molecule has 0 saturated carbocycles. The van der Waals surface area contributed by atoms with Gasteiger partial charge in [-0.15, -0.1) is 11.6 Å². The van der Waals surface area contributed by atoms with Crippen molar-refractivity contribution >= 4 is 56.0 Å². The van der Waals surface area contributed by atoms with E-state index in [2.05, 4.69) is 38.5 Å². The van der Waals surface area contributed by atoms with E-state index in [1.807, 2.05) is 23.1 Å². The highest BCUT2D eigenvalue weighted by Crippen LogP contribution is 2.24. The van der Waals surface area contributed by atoms with Crippen LogP contribution in [0.15, 0.2) is 22.7 Å². The van der Waals surface area contributed by atoms with Gasteiger partial charge in [0.05, 0.1) is 5.56 Å². The van der Waals surface area contributed by atoms with Crippen molar-refractivity contribution in [2.75, 3.05) is 19.0 Å². The minimum absolute atomic E-state index is 0.119. The highest BCUT2D eigenvalue weighted by molar-refractivity contribution is 14.1. The van der Waals surface area contributed by atoms with Gasteiger partial charge in [-0.05, 0) is 75.5 Å². The van der Waals surface area contributed by atoms with Gasteiger partial charge >= 0.3 is 0 Å². The van der Waals surface area contributed by atoms with Gasteiger partial charge in [0.25, 0.3) is 5.91 Å². The Morgan fingerprint density at radius 3 is 2.72 bits per heavy atom. The molecule has 1 heterocycles. The lowest BCUT2D eigenvalue weighted by molar-refractivity contribution is 0.0697. The number of likely N-dealkylation sites (tertiary alicyclic amines) is 1. The molecule has 1 saturated heterocycles. The molecule has 0 bridgehead atoms. The van der Waals surface area contributed by atoms with Crippen molar-refractivity contribution in [3.63, 3.8) is 0 Å². The van der Waals surface area contributed by atoms with Crippen LogP contribution in [-0.2, 0) is 0 Å². The highest BCUT2D eigenvalue weighted by atomic mass is 127. The first-order valence-electron chi connectivity index (χ1n) is 5.92. The van der Waals surface area contributed by atoms with Gasteiger partial charge in [-0.2, -0.15) is 0 Å². The second kappa shape index (κ2) is 6.57. The standard InChI is InChI=1S/C13H14BrClINO/c14-12-2-1-10(16)7-11(12)13(18)17-5-3-9(8-15)4-6-17/h1-2,7,9H,3-6,8H2. The summed E-state index contributed by atoms with van der Waals surface area (Å²) in [5, 5.41) is 0. The second-order valence-electron chi connectivity index (χ2n) is 4.51. The van der Waals surface area contributed by atoms with E-state index in [0.29, 0.717) is 11.8 Å². The predicted molar refractivity (Wildman–Crippen MR) is 86.2 cm³/mol. The molecule has 1 aromatic carbocycles. The fourth-order valence-corrected chi connectivity index (χ4v) is 3.34. The van der Waals surface area contributed by atoms with Gasteiger partial charge in [-0.1, -0.05) is 0 Å². The monoisotopic (exact) mass is 441 g/mol. The summed E-state index contributed by atoms with van der Waals surface area (Å²) in [5.74, 6) is 1.39. The van der Waals surface area contributed by atoms with Crippen LogP contribution in [0.4, 0.5) is 0 Å². The van der Waals surface area contributed by atoms with Crippen molar-refractivity contribution in [1.82, 2.24) is 4.90 Å². The van der Waals surface area contributed by atoms with Gasteiger partial charge in [0.1, 0.15) is 0 Å². The Morgan fingerprint density at radius 2 is 2.11 bits per heavy atom. The van der Waals surface area contributed by atoms with Crippen molar-refractivity contribution < 1.29 is 4.79 Å². The van der Waals surface area contributed by atoms with E-state index >= 15 is 0 Å². The number of rotatable bonds is 2. The van der Waals surface area contributed by atoms with E-state index in [-0.39, 0.29) is 5.91 Å². The molecule has 1 aliphatic heterocycles. The average Bonchev–Trinajstić information content (AvgIpc) is 2.41. The third kappa shape index (κ3) is 3.39. The fourth-order valence-electron chi connectivity index (χ4n) is 2.12. The SMILES string of the molecule is O=C(c1cc(I)ccc1Br)N1CCC(CCl)CC1. The minimum atomic E-state index is 0.119. The first-order valence-corrected chi connectivity index (χ1v) is 8.32. The number of nitrogens with zero attached hydrogens (tertiary/aromatic N) is 1. The third-order valence-electron chi connectivity index (χ3n) is 3.28. The number of amides is 1. The van der Waals surface area contributed by atoms with Gasteiger partial charge in [0.2, 0.25) is 0 Å².